The number of rotatable bonds is 6. The highest BCUT2D eigenvalue weighted by molar-refractivity contribution is 7.86. The van der Waals surface area contributed by atoms with Crippen LogP contribution in [0.4, 0.5) is 10.1 Å². The first-order valence-corrected chi connectivity index (χ1v) is 10.7. The molecule has 3 rings (SSSR count). The highest BCUT2D eigenvalue weighted by Gasteiger charge is 2.34. The molecule has 8 heteroatoms. The number of halogens is 1. The van der Waals surface area contributed by atoms with Gasteiger partial charge in [0.25, 0.3) is 10.2 Å². The van der Waals surface area contributed by atoms with E-state index in [1.165, 1.54) is 20.7 Å². The number of nitrogens with one attached hydrogen (secondary N) is 1. The van der Waals surface area contributed by atoms with Crippen LogP contribution in [0.5, 0.6) is 0 Å². The summed E-state index contributed by atoms with van der Waals surface area (Å²) in [5.41, 5.74) is 2.36. The van der Waals surface area contributed by atoms with Gasteiger partial charge in [-0.1, -0.05) is 31.2 Å². The smallest absolute Gasteiger partial charge is 0.282 e. The molecule has 28 heavy (non-hydrogen) atoms. The van der Waals surface area contributed by atoms with Crippen LogP contribution in [0.15, 0.2) is 48.5 Å². The summed E-state index contributed by atoms with van der Waals surface area (Å²) in [6.45, 7) is 2.50. The number of benzene rings is 2. The summed E-state index contributed by atoms with van der Waals surface area (Å²) in [6, 6.07) is 13.3. The van der Waals surface area contributed by atoms with Gasteiger partial charge in [0.15, 0.2) is 0 Å². The van der Waals surface area contributed by atoms with Crippen LogP contribution >= 0.6 is 0 Å². The molecule has 0 aliphatic carbocycles. The van der Waals surface area contributed by atoms with E-state index in [1.54, 1.807) is 24.3 Å². The molecule has 1 N–H and O–H groups in total. The topological polar surface area (TPSA) is 69.7 Å². The van der Waals surface area contributed by atoms with Crippen molar-refractivity contribution in [2.24, 2.45) is 0 Å². The van der Waals surface area contributed by atoms with Crippen LogP contribution in [-0.4, -0.2) is 42.6 Å². The van der Waals surface area contributed by atoms with E-state index in [9.17, 15) is 17.6 Å². The Morgan fingerprint density at radius 1 is 1.07 bits per heavy atom. The van der Waals surface area contributed by atoms with Gasteiger partial charge < -0.3 is 5.32 Å². The van der Waals surface area contributed by atoms with Crippen LogP contribution in [0, 0.1) is 5.82 Å². The Hall–Kier alpha value is -2.29. The monoisotopic (exact) mass is 405 g/mol. The van der Waals surface area contributed by atoms with E-state index in [1.807, 2.05) is 19.1 Å². The minimum atomic E-state index is -3.79. The van der Waals surface area contributed by atoms with Crippen molar-refractivity contribution in [2.45, 2.75) is 26.3 Å². The molecule has 0 saturated carbocycles. The second-order valence-electron chi connectivity index (χ2n) is 6.76. The molecule has 2 aromatic rings. The SMILES string of the molecule is CCc1ccc(NC(=O)CN2CCCN(Cc3cccc(F)c3)S2(=O)=O)cc1. The van der Waals surface area contributed by atoms with Crippen molar-refractivity contribution in [2.75, 3.05) is 25.0 Å². The lowest BCUT2D eigenvalue weighted by atomic mass is 10.1. The Kier molecular flexibility index (Phi) is 6.43. The molecule has 6 nitrogen and oxygen atoms in total. The van der Waals surface area contributed by atoms with E-state index in [2.05, 4.69) is 5.32 Å². The van der Waals surface area contributed by atoms with E-state index in [4.69, 9.17) is 0 Å². The van der Waals surface area contributed by atoms with Crippen molar-refractivity contribution in [3.05, 3.63) is 65.5 Å². The molecule has 1 amide bonds. The van der Waals surface area contributed by atoms with Gasteiger partial charge in [0.05, 0.1) is 6.54 Å². The summed E-state index contributed by atoms with van der Waals surface area (Å²) in [4.78, 5) is 12.3. The van der Waals surface area contributed by atoms with Gasteiger partial charge >= 0.3 is 0 Å². The summed E-state index contributed by atoms with van der Waals surface area (Å²) < 4.78 is 41.5. The van der Waals surface area contributed by atoms with Crippen LogP contribution in [0.1, 0.15) is 24.5 Å². The predicted octanol–water partition coefficient (Wildman–Crippen LogP) is 2.78. The number of carbonyl (C=O) groups excluding carboxylic acids is 1. The lowest BCUT2D eigenvalue weighted by molar-refractivity contribution is -0.116. The highest BCUT2D eigenvalue weighted by atomic mass is 32.2. The second-order valence-corrected chi connectivity index (χ2v) is 8.69. The molecule has 150 valence electrons. The van der Waals surface area contributed by atoms with Gasteiger partial charge in [0.2, 0.25) is 5.91 Å². The average molecular weight is 405 g/mol. The van der Waals surface area contributed by atoms with Gasteiger partial charge in [0, 0.05) is 25.3 Å². The normalized spacial score (nSPS) is 17.4. The minimum Gasteiger partial charge on any atom is -0.325 e. The van der Waals surface area contributed by atoms with E-state index in [0.29, 0.717) is 24.2 Å². The molecule has 1 saturated heterocycles. The minimum absolute atomic E-state index is 0.0801. The zero-order valence-corrected chi connectivity index (χ0v) is 16.6. The van der Waals surface area contributed by atoms with Crippen molar-refractivity contribution in [1.29, 1.82) is 0 Å². The fourth-order valence-electron chi connectivity index (χ4n) is 3.16. The van der Waals surface area contributed by atoms with Crippen LogP contribution in [0.2, 0.25) is 0 Å². The Bertz CT molecular complexity index is 932. The summed E-state index contributed by atoms with van der Waals surface area (Å²) in [7, 11) is -3.79. The Morgan fingerprint density at radius 3 is 2.46 bits per heavy atom. The molecule has 0 aromatic heterocycles. The molecule has 0 unspecified atom stereocenters. The number of hydrogen-bond donors (Lipinski definition) is 1. The molecule has 2 aromatic carbocycles. The van der Waals surface area contributed by atoms with Crippen LogP contribution in [-0.2, 0) is 28.0 Å². The van der Waals surface area contributed by atoms with Gasteiger partial charge in [-0.15, -0.1) is 0 Å². The largest absolute Gasteiger partial charge is 0.325 e. The Morgan fingerprint density at radius 2 is 1.79 bits per heavy atom. The molecular weight excluding hydrogens is 381 g/mol. The fraction of sp³-hybridized carbons (Fsp3) is 0.350. The number of anilines is 1. The van der Waals surface area contributed by atoms with Crippen LogP contribution < -0.4 is 5.32 Å². The van der Waals surface area contributed by atoms with Gasteiger partial charge in [-0.05, 0) is 48.2 Å². The first-order chi connectivity index (χ1) is 13.4. The lowest BCUT2D eigenvalue weighted by Gasteiger charge is -2.34. The van der Waals surface area contributed by atoms with E-state index >= 15 is 0 Å². The highest BCUT2D eigenvalue weighted by Crippen LogP contribution is 2.20. The maximum absolute atomic E-state index is 13.4. The van der Waals surface area contributed by atoms with Crippen molar-refractivity contribution < 1.29 is 17.6 Å². The molecule has 1 fully saturated rings. The van der Waals surface area contributed by atoms with Crippen molar-refractivity contribution in [3.63, 3.8) is 0 Å². The number of aryl methyl sites for hydroxylation is 1. The van der Waals surface area contributed by atoms with E-state index in [-0.39, 0.29) is 25.5 Å². The molecule has 1 aliphatic heterocycles. The molecule has 0 atom stereocenters. The number of nitrogens with zero attached hydrogens (tertiary/aromatic N) is 2. The fourth-order valence-corrected chi connectivity index (χ4v) is 4.80. The number of carbonyl (C=O) groups is 1. The second kappa shape index (κ2) is 8.81. The molecule has 0 spiro atoms. The zero-order chi connectivity index (χ0) is 20.1. The summed E-state index contributed by atoms with van der Waals surface area (Å²) in [5, 5.41) is 2.74. The molecule has 0 bridgehead atoms. The summed E-state index contributed by atoms with van der Waals surface area (Å²) in [5.74, 6) is -0.794. The third-order valence-corrected chi connectivity index (χ3v) is 6.61. The first-order valence-electron chi connectivity index (χ1n) is 9.27. The van der Waals surface area contributed by atoms with Crippen molar-refractivity contribution >= 4 is 21.8 Å². The Balaban J connectivity index is 1.65. The van der Waals surface area contributed by atoms with Crippen molar-refractivity contribution in [3.8, 4) is 0 Å². The Labute approximate surface area is 165 Å². The zero-order valence-electron chi connectivity index (χ0n) is 15.8. The predicted molar refractivity (Wildman–Crippen MR) is 106 cm³/mol. The van der Waals surface area contributed by atoms with Gasteiger partial charge in [-0.2, -0.15) is 17.0 Å². The third kappa shape index (κ3) is 4.95. The van der Waals surface area contributed by atoms with Crippen molar-refractivity contribution in [1.82, 2.24) is 8.61 Å². The molecule has 0 radical (unpaired) electrons. The van der Waals surface area contributed by atoms with Crippen LogP contribution in [0.25, 0.3) is 0 Å². The van der Waals surface area contributed by atoms with Gasteiger partial charge in [0.1, 0.15) is 5.82 Å². The summed E-state index contributed by atoms with van der Waals surface area (Å²) >= 11 is 0. The first kappa shape index (κ1) is 20.4. The standard InChI is InChI=1S/C20H24FN3O3S/c1-2-16-7-9-19(10-8-16)22-20(25)15-24-12-4-11-23(28(24,26)27)14-17-5-3-6-18(21)13-17/h3,5-10,13H,2,4,11-12,14-15H2,1H3,(H,22,25). The molecule has 1 aliphatic rings. The maximum Gasteiger partial charge on any atom is 0.282 e. The quantitative estimate of drug-likeness (QED) is 0.804. The third-order valence-electron chi connectivity index (χ3n) is 4.68. The molecule has 1 heterocycles. The van der Waals surface area contributed by atoms with Gasteiger partial charge in [-0.3, -0.25) is 4.79 Å². The van der Waals surface area contributed by atoms with Crippen LogP contribution in [0.3, 0.4) is 0 Å². The van der Waals surface area contributed by atoms with E-state index < -0.39 is 16.0 Å². The molecular formula is C20H24FN3O3S. The maximum atomic E-state index is 13.4. The average Bonchev–Trinajstić information content (AvgIpc) is 2.66. The lowest BCUT2D eigenvalue weighted by Crippen LogP contribution is -2.51. The number of amides is 1. The summed E-state index contributed by atoms with van der Waals surface area (Å²) in [6.07, 6.45) is 1.51. The number of hydrogen-bond acceptors (Lipinski definition) is 3. The van der Waals surface area contributed by atoms with Gasteiger partial charge in [-0.25, -0.2) is 4.39 Å². The van der Waals surface area contributed by atoms with E-state index in [0.717, 1.165) is 12.0 Å².